The van der Waals surface area contributed by atoms with Gasteiger partial charge in [-0.1, -0.05) is 28.9 Å². The van der Waals surface area contributed by atoms with Crippen LogP contribution in [0.25, 0.3) is 0 Å². The van der Waals surface area contributed by atoms with Gasteiger partial charge in [-0.3, -0.25) is 0 Å². The second-order valence-electron chi connectivity index (χ2n) is 4.16. The molecule has 1 aliphatic carbocycles. The van der Waals surface area contributed by atoms with E-state index < -0.39 is 0 Å². The molecular formula is C12H16BrN. The van der Waals surface area contributed by atoms with Crippen molar-refractivity contribution >= 4 is 15.9 Å². The summed E-state index contributed by atoms with van der Waals surface area (Å²) in [5.74, 6) is 1.42. The standard InChI is InChI=1S/C12H16BrN/c1-8-5-9(7-14-2)11-4-3-10(13)6-12(8)11/h3-4,6,8-9,14H,5,7H2,1-2H3. The van der Waals surface area contributed by atoms with Crippen LogP contribution >= 0.6 is 15.9 Å². The Balaban J connectivity index is 2.34. The van der Waals surface area contributed by atoms with Gasteiger partial charge in [0.25, 0.3) is 0 Å². The summed E-state index contributed by atoms with van der Waals surface area (Å²) < 4.78 is 1.20. The van der Waals surface area contributed by atoms with Gasteiger partial charge in [0.2, 0.25) is 0 Å². The highest BCUT2D eigenvalue weighted by molar-refractivity contribution is 9.10. The van der Waals surface area contributed by atoms with Crippen LogP contribution in [0.1, 0.15) is 36.3 Å². The molecule has 0 saturated carbocycles. The highest BCUT2D eigenvalue weighted by Gasteiger charge is 2.27. The number of benzene rings is 1. The lowest BCUT2D eigenvalue weighted by molar-refractivity contribution is 0.584. The van der Waals surface area contributed by atoms with E-state index >= 15 is 0 Å². The summed E-state index contributed by atoms with van der Waals surface area (Å²) in [6, 6.07) is 6.69. The lowest BCUT2D eigenvalue weighted by atomic mass is 10.0. The Morgan fingerprint density at radius 3 is 2.93 bits per heavy atom. The largest absolute Gasteiger partial charge is 0.319 e. The second kappa shape index (κ2) is 4.03. The number of halogens is 1. The van der Waals surface area contributed by atoms with Gasteiger partial charge in [-0.15, -0.1) is 0 Å². The van der Waals surface area contributed by atoms with Gasteiger partial charge >= 0.3 is 0 Å². The summed E-state index contributed by atoms with van der Waals surface area (Å²) in [6.07, 6.45) is 1.28. The molecule has 0 amide bonds. The maximum absolute atomic E-state index is 3.54. The first-order valence-corrected chi connectivity index (χ1v) is 5.95. The van der Waals surface area contributed by atoms with Crippen molar-refractivity contribution in [1.82, 2.24) is 5.32 Å². The molecule has 0 heterocycles. The number of fused-ring (bicyclic) bond motifs is 1. The van der Waals surface area contributed by atoms with Gasteiger partial charge in [0.05, 0.1) is 0 Å². The Bertz CT molecular complexity index is 335. The summed E-state index contributed by atoms with van der Waals surface area (Å²) >= 11 is 3.54. The summed E-state index contributed by atoms with van der Waals surface area (Å²) in [5, 5.41) is 3.27. The van der Waals surface area contributed by atoms with E-state index in [1.807, 2.05) is 7.05 Å². The SMILES string of the molecule is CNCC1CC(C)c2cc(Br)ccc21. The molecule has 1 nitrogen and oxygen atoms in total. The van der Waals surface area contributed by atoms with Gasteiger partial charge in [-0.25, -0.2) is 0 Å². The number of hydrogen-bond acceptors (Lipinski definition) is 1. The molecule has 0 fully saturated rings. The van der Waals surface area contributed by atoms with Crippen molar-refractivity contribution in [3.63, 3.8) is 0 Å². The average Bonchev–Trinajstić information content (AvgIpc) is 2.44. The molecule has 1 aromatic carbocycles. The highest BCUT2D eigenvalue weighted by Crippen LogP contribution is 2.41. The third kappa shape index (κ3) is 1.73. The van der Waals surface area contributed by atoms with Gasteiger partial charge in [0.1, 0.15) is 0 Å². The lowest BCUT2D eigenvalue weighted by Crippen LogP contribution is -2.15. The maximum Gasteiger partial charge on any atom is 0.0178 e. The molecule has 1 aromatic rings. The minimum Gasteiger partial charge on any atom is -0.319 e. The number of likely N-dealkylation sites (N-methyl/N-ethyl adjacent to an activating group) is 1. The predicted octanol–water partition coefficient (Wildman–Crippen LogP) is 3.26. The fraction of sp³-hybridized carbons (Fsp3) is 0.500. The fourth-order valence-corrected chi connectivity index (χ4v) is 2.84. The van der Waals surface area contributed by atoms with E-state index in [2.05, 4.69) is 46.4 Å². The zero-order chi connectivity index (χ0) is 10.1. The first-order valence-electron chi connectivity index (χ1n) is 5.16. The van der Waals surface area contributed by atoms with E-state index in [1.54, 1.807) is 0 Å². The Labute approximate surface area is 94.0 Å². The molecule has 1 N–H and O–H groups in total. The summed E-state index contributed by atoms with van der Waals surface area (Å²) in [5.41, 5.74) is 3.06. The Morgan fingerprint density at radius 2 is 2.21 bits per heavy atom. The van der Waals surface area contributed by atoms with Crippen molar-refractivity contribution in [2.24, 2.45) is 0 Å². The average molecular weight is 254 g/mol. The molecule has 2 atom stereocenters. The third-order valence-corrected chi connectivity index (χ3v) is 3.60. The molecule has 2 heteroatoms. The second-order valence-corrected chi connectivity index (χ2v) is 5.08. The summed E-state index contributed by atoms with van der Waals surface area (Å²) in [7, 11) is 2.03. The minimum absolute atomic E-state index is 0.707. The fourth-order valence-electron chi connectivity index (χ4n) is 2.46. The van der Waals surface area contributed by atoms with Crippen LogP contribution in [-0.4, -0.2) is 13.6 Å². The van der Waals surface area contributed by atoms with Crippen LogP contribution in [0.4, 0.5) is 0 Å². The molecule has 0 aromatic heterocycles. The minimum atomic E-state index is 0.707. The molecule has 14 heavy (non-hydrogen) atoms. The van der Waals surface area contributed by atoms with Crippen LogP contribution in [0.15, 0.2) is 22.7 Å². The number of nitrogens with one attached hydrogen (secondary N) is 1. The molecule has 0 saturated heterocycles. The van der Waals surface area contributed by atoms with Crippen LogP contribution in [0.2, 0.25) is 0 Å². The van der Waals surface area contributed by atoms with E-state index in [0.717, 1.165) is 6.54 Å². The quantitative estimate of drug-likeness (QED) is 0.854. The van der Waals surface area contributed by atoms with Crippen LogP contribution in [0.3, 0.4) is 0 Å². The number of rotatable bonds is 2. The molecule has 0 bridgehead atoms. The topological polar surface area (TPSA) is 12.0 Å². The molecule has 0 aliphatic heterocycles. The normalized spacial score (nSPS) is 25.1. The Kier molecular flexibility index (Phi) is 2.93. The van der Waals surface area contributed by atoms with Gasteiger partial charge in [0, 0.05) is 11.0 Å². The van der Waals surface area contributed by atoms with Crippen molar-refractivity contribution in [3.8, 4) is 0 Å². The lowest BCUT2D eigenvalue weighted by Gasteiger charge is -2.10. The highest BCUT2D eigenvalue weighted by atomic mass is 79.9. The van der Waals surface area contributed by atoms with E-state index in [-0.39, 0.29) is 0 Å². The van der Waals surface area contributed by atoms with Crippen LogP contribution in [-0.2, 0) is 0 Å². The first-order chi connectivity index (χ1) is 6.72. The monoisotopic (exact) mass is 253 g/mol. The van der Waals surface area contributed by atoms with Crippen LogP contribution < -0.4 is 5.32 Å². The van der Waals surface area contributed by atoms with Crippen molar-refractivity contribution in [2.45, 2.75) is 25.2 Å². The Morgan fingerprint density at radius 1 is 1.43 bits per heavy atom. The van der Waals surface area contributed by atoms with E-state index in [0.29, 0.717) is 11.8 Å². The van der Waals surface area contributed by atoms with Crippen molar-refractivity contribution < 1.29 is 0 Å². The van der Waals surface area contributed by atoms with Gasteiger partial charge in [-0.05, 0) is 48.6 Å². The molecule has 0 radical (unpaired) electrons. The van der Waals surface area contributed by atoms with E-state index in [4.69, 9.17) is 0 Å². The third-order valence-electron chi connectivity index (χ3n) is 3.11. The van der Waals surface area contributed by atoms with Gasteiger partial charge in [0.15, 0.2) is 0 Å². The van der Waals surface area contributed by atoms with Crippen LogP contribution in [0.5, 0.6) is 0 Å². The van der Waals surface area contributed by atoms with Crippen LogP contribution in [0, 0.1) is 0 Å². The van der Waals surface area contributed by atoms with Gasteiger partial charge < -0.3 is 5.32 Å². The maximum atomic E-state index is 3.54. The molecule has 0 spiro atoms. The zero-order valence-corrected chi connectivity index (χ0v) is 10.3. The predicted molar refractivity (Wildman–Crippen MR) is 63.8 cm³/mol. The number of hydrogen-bond donors (Lipinski definition) is 1. The Hall–Kier alpha value is -0.340. The molecule has 1 aliphatic rings. The molecule has 2 rings (SSSR count). The van der Waals surface area contributed by atoms with Gasteiger partial charge in [-0.2, -0.15) is 0 Å². The van der Waals surface area contributed by atoms with E-state index in [9.17, 15) is 0 Å². The molecule has 76 valence electrons. The first kappa shape index (κ1) is 10.2. The summed E-state index contributed by atoms with van der Waals surface area (Å²) in [6.45, 7) is 3.42. The smallest absolute Gasteiger partial charge is 0.0178 e. The van der Waals surface area contributed by atoms with Crippen molar-refractivity contribution in [1.29, 1.82) is 0 Å². The molecular weight excluding hydrogens is 238 g/mol. The van der Waals surface area contributed by atoms with Crippen molar-refractivity contribution in [2.75, 3.05) is 13.6 Å². The van der Waals surface area contributed by atoms with Crippen molar-refractivity contribution in [3.05, 3.63) is 33.8 Å². The summed E-state index contributed by atoms with van der Waals surface area (Å²) in [4.78, 5) is 0. The van der Waals surface area contributed by atoms with E-state index in [1.165, 1.54) is 22.0 Å². The molecule has 2 unspecified atom stereocenters. The zero-order valence-electron chi connectivity index (χ0n) is 8.68.